The summed E-state index contributed by atoms with van der Waals surface area (Å²) in [5, 5.41) is 7.81. The summed E-state index contributed by atoms with van der Waals surface area (Å²) in [5.74, 6) is 2.18. The van der Waals surface area contributed by atoms with E-state index < -0.39 is 0 Å². The van der Waals surface area contributed by atoms with Gasteiger partial charge < -0.3 is 10.2 Å². The molecule has 1 aromatic rings. The van der Waals surface area contributed by atoms with Crippen LogP contribution in [0.3, 0.4) is 0 Å². The smallest absolute Gasteiger partial charge is 0.131 e. The molecule has 0 radical (unpaired) electrons. The van der Waals surface area contributed by atoms with Crippen LogP contribution >= 0.6 is 0 Å². The minimum atomic E-state index is 0.869. The van der Waals surface area contributed by atoms with Crippen LogP contribution in [0.25, 0.3) is 0 Å². The zero-order chi connectivity index (χ0) is 12.4. The quantitative estimate of drug-likeness (QED) is 0.867. The Hall–Kier alpha value is -1.03. The maximum absolute atomic E-state index is 4.56. The second-order valence-electron chi connectivity index (χ2n) is 5.21. The van der Waals surface area contributed by atoms with Crippen molar-refractivity contribution in [2.75, 3.05) is 25.0 Å². The summed E-state index contributed by atoms with van der Waals surface area (Å²) in [5.41, 5.74) is 2.50. The van der Waals surface area contributed by atoms with Gasteiger partial charge in [-0.1, -0.05) is 6.92 Å². The Labute approximate surface area is 104 Å². The fraction of sp³-hybridized carbons (Fsp3) is 0.769. The van der Waals surface area contributed by atoms with Crippen LogP contribution in [0.4, 0.5) is 5.82 Å². The third kappa shape index (κ3) is 2.46. The SMILES string of the molecule is CNCc1c(C)nn(C)c1N1CCC(C)CC1. The molecule has 1 aromatic heterocycles. The first kappa shape index (κ1) is 12.4. The highest BCUT2D eigenvalue weighted by atomic mass is 15.4. The summed E-state index contributed by atoms with van der Waals surface area (Å²) >= 11 is 0. The summed E-state index contributed by atoms with van der Waals surface area (Å²) in [4.78, 5) is 2.49. The average Bonchev–Trinajstić information content (AvgIpc) is 2.56. The molecule has 0 spiro atoms. The van der Waals surface area contributed by atoms with Crippen molar-refractivity contribution in [3.63, 3.8) is 0 Å². The monoisotopic (exact) mass is 236 g/mol. The molecule has 1 aliphatic heterocycles. The fourth-order valence-electron chi connectivity index (χ4n) is 2.69. The molecule has 1 fully saturated rings. The number of hydrogen-bond acceptors (Lipinski definition) is 3. The van der Waals surface area contributed by atoms with Crippen molar-refractivity contribution < 1.29 is 0 Å². The molecule has 1 aliphatic rings. The second kappa shape index (κ2) is 5.08. The molecular weight excluding hydrogens is 212 g/mol. The van der Waals surface area contributed by atoms with Crippen LogP contribution in [0.15, 0.2) is 0 Å². The summed E-state index contributed by atoms with van der Waals surface area (Å²) in [7, 11) is 4.05. The zero-order valence-corrected chi connectivity index (χ0v) is 11.5. The molecule has 0 amide bonds. The van der Waals surface area contributed by atoms with E-state index in [1.807, 2.05) is 11.7 Å². The molecule has 1 N–H and O–H groups in total. The number of piperidine rings is 1. The van der Waals surface area contributed by atoms with Gasteiger partial charge in [-0.25, -0.2) is 0 Å². The summed E-state index contributed by atoms with van der Waals surface area (Å²) in [6.07, 6.45) is 2.59. The minimum Gasteiger partial charge on any atom is -0.357 e. The third-order valence-electron chi connectivity index (χ3n) is 3.75. The number of anilines is 1. The maximum Gasteiger partial charge on any atom is 0.131 e. The van der Waals surface area contributed by atoms with Crippen molar-refractivity contribution in [3.05, 3.63) is 11.3 Å². The first-order valence-electron chi connectivity index (χ1n) is 6.55. The van der Waals surface area contributed by atoms with Crippen molar-refractivity contribution in [1.29, 1.82) is 0 Å². The van der Waals surface area contributed by atoms with Crippen molar-refractivity contribution in [1.82, 2.24) is 15.1 Å². The van der Waals surface area contributed by atoms with E-state index in [0.29, 0.717) is 0 Å². The zero-order valence-electron chi connectivity index (χ0n) is 11.5. The van der Waals surface area contributed by atoms with E-state index in [4.69, 9.17) is 0 Å². The number of nitrogens with one attached hydrogen (secondary N) is 1. The van der Waals surface area contributed by atoms with Crippen molar-refractivity contribution in [3.8, 4) is 0 Å². The lowest BCUT2D eigenvalue weighted by atomic mass is 9.99. The highest BCUT2D eigenvalue weighted by Gasteiger charge is 2.22. The summed E-state index contributed by atoms with van der Waals surface area (Å²) in [6.45, 7) is 7.68. The predicted molar refractivity (Wildman–Crippen MR) is 71.3 cm³/mol. The van der Waals surface area contributed by atoms with E-state index in [-0.39, 0.29) is 0 Å². The van der Waals surface area contributed by atoms with Gasteiger partial charge in [0.25, 0.3) is 0 Å². The molecule has 0 unspecified atom stereocenters. The number of hydrogen-bond donors (Lipinski definition) is 1. The highest BCUT2D eigenvalue weighted by Crippen LogP contribution is 2.27. The lowest BCUT2D eigenvalue weighted by Gasteiger charge is -2.32. The van der Waals surface area contributed by atoms with E-state index in [9.17, 15) is 0 Å². The predicted octanol–water partition coefficient (Wildman–Crippen LogP) is 1.68. The van der Waals surface area contributed by atoms with Gasteiger partial charge in [0.1, 0.15) is 5.82 Å². The Morgan fingerprint density at radius 1 is 1.35 bits per heavy atom. The van der Waals surface area contributed by atoms with E-state index in [0.717, 1.165) is 31.2 Å². The van der Waals surface area contributed by atoms with E-state index in [1.54, 1.807) is 0 Å². The largest absolute Gasteiger partial charge is 0.357 e. The van der Waals surface area contributed by atoms with Crippen LogP contribution in [0.1, 0.15) is 31.0 Å². The standard InChI is InChI=1S/C13H24N4/c1-10-5-7-17(8-6-10)13-12(9-14-3)11(2)15-16(13)4/h10,14H,5-9H2,1-4H3. The van der Waals surface area contributed by atoms with Crippen molar-refractivity contribution >= 4 is 5.82 Å². The van der Waals surface area contributed by atoms with Crippen molar-refractivity contribution in [2.45, 2.75) is 33.2 Å². The van der Waals surface area contributed by atoms with E-state index in [1.165, 1.54) is 24.2 Å². The Kier molecular flexibility index (Phi) is 3.72. The van der Waals surface area contributed by atoms with Crippen LogP contribution in [-0.4, -0.2) is 29.9 Å². The molecule has 0 atom stereocenters. The van der Waals surface area contributed by atoms with Gasteiger partial charge >= 0.3 is 0 Å². The van der Waals surface area contributed by atoms with Crippen molar-refractivity contribution in [2.24, 2.45) is 13.0 Å². The Morgan fingerprint density at radius 3 is 2.59 bits per heavy atom. The summed E-state index contributed by atoms with van der Waals surface area (Å²) in [6, 6.07) is 0. The van der Waals surface area contributed by atoms with Gasteiger partial charge in [-0.2, -0.15) is 5.10 Å². The summed E-state index contributed by atoms with van der Waals surface area (Å²) < 4.78 is 2.04. The maximum atomic E-state index is 4.56. The van der Waals surface area contributed by atoms with Gasteiger partial charge in [-0.3, -0.25) is 4.68 Å². The van der Waals surface area contributed by atoms with Crippen LogP contribution in [0.2, 0.25) is 0 Å². The average molecular weight is 236 g/mol. The Balaban J connectivity index is 2.24. The van der Waals surface area contributed by atoms with Gasteiger partial charge in [0, 0.05) is 32.2 Å². The van der Waals surface area contributed by atoms with E-state index in [2.05, 4.69) is 36.2 Å². The van der Waals surface area contributed by atoms with Crippen LogP contribution in [0, 0.1) is 12.8 Å². The molecule has 4 nitrogen and oxygen atoms in total. The third-order valence-corrected chi connectivity index (χ3v) is 3.75. The Bertz CT molecular complexity index is 375. The van der Waals surface area contributed by atoms with Crippen LogP contribution in [-0.2, 0) is 13.6 Å². The van der Waals surface area contributed by atoms with Gasteiger partial charge in [-0.15, -0.1) is 0 Å². The van der Waals surface area contributed by atoms with E-state index >= 15 is 0 Å². The normalized spacial score (nSPS) is 17.8. The second-order valence-corrected chi connectivity index (χ2v) is 5.21. The minimum absolute atomic E-state index is 0.869. The molecule has 17 heavy (non-hydrogen) atoms. The lowest BCUT2D eigenvalue weighted by Crippen LogP contribution is -2.35. The van der Waals surface area contributed by atoms with Gasteiger partial charge in [0.2, 0.25) is 0 Å². The molecule has 96 valence electrons. The number of nitrogens with zero attached hydrogens (tertiary/aromatic N) is 3. The molecule has 0 aliphatic carbocycles. The molecule has 0 saturated carbocycles. The molecule has 0 aromatic carbocycles. The Morgan fingerprint density at radius 2 is 2.00 bits per heavy atom. The number of rotatable bonds is 3. The first-order chi connectivity index (χ1) is 8.13. The lowest BCUT2D eigenvalue weighted by molar-refractivity contribution is 0.432. The molecular formula is C13H24N4. The van der Waals surface area contributed by atoms with Crippen LogP contribution < -0.4 is 10.2 Å². The van der Waals surface area contributed by atoms with Gasteiger partial charge in [-0.05, 0) is 32.7 Å². The number of aryl methyl sites for hydroxylation is 2. The molecule has 2 heterocycles. The molecule has 4 heteroatoms. The van der Waals surface area contributed by atoms with Gasteiger partial charge in [0.15, 0.2) is 0 Å². The van der Waals surface area contributed by atoms with Crippen LogP contribution in [0.5, 0.6) is 0 Å². The van der Waals surface area contributed by atoms with Gasteiger partial charge in [0.05, 0.1) is 5.69 Å². The molecule has 1 saturated heterocycles. The number of aromatic nitrogens is 2. The highest BCUT2D eigenvalue weighted by molar-refractivity contribution is 5.50. The first-order valence-corrected chi connectivity index (χ1v) is 6.55. The molecule has 2 rings (SSSR count). The fourth-order valence-corrected chi connectivity index (χ4v) is 2.69. The molecule has 0 bridgehead atoms. The topological polar surface area (TPSA) is 33.1 Å².